The van der Waals surface area contributed by atoms with Crippen molar-refractivity contribution >= 4 is 22.8 Å². The standard InChI is InChI=1S/C5H12N2O2S2/c8-11(9,5-1-2-5)7-4-3-6-10/h5-7,10H,1-4H2. The molecule has 2 N–H and O–H groups in total. The predicted molar refractivity (Wildman–Crippen MR) is 46.9 cm³/mol. The van der Waals surface area contributed by atoms with Crippen molar-refractivity contribution in [1.82, 2.24) is 9.44 Å². The van der Waals surface area contributed by atoms with Gasteiger partial charge >= 0.3 is 0 Å². The van der Waals surface area contributed by atoms with Crippen LogP contribution in [0.5, 0.6) is 0 Å². The lowest BCUT2D eigenvalue weighted by Gasteiger charge is -2.03. The van der Waals surface area contributed by atoms with Gasteiger partial charge in [0.15, 0.2) is 0 Å². The molecule has 0 amide bonds. The highest BCUT2D eigenvalue weighted by molar-refractivity contribution is 7.90. The van der Waals surface area contributed by atoms with Gasteiger partial charge in [0, 0.05) is 13.1 Å². The van der Waals surface area contributed by atoms with Crippen molar-refractivity contribution in [2.45, 2.75) is 18.1 Å². The molecule has 11 heavy (non-hydrogen) atoms. The molecular weight excluding hydrogens is 184 g/mol. The van der Waals surface area contributed by atoms with E-state index in [1.54, 1.807) is 0 Å². The SMILES string of the molecule is O=S(=O)(NCCNS)C1CC1. The van der Waals surface area contributed by atoms with Crippen LogP contribution in [0.25, 0.3) is 0 Å². The van der Waals surface area contributed by atoms with Crippen LogP contribution >= 0.6 is 12.8 Å². The molecule has 0 heterocycles. The van der Waals surface area contributed by atoms with Crippen LogP contribution in [0, 0.1) is 0 Å². The van der Waals surface area contributed by atoms with Gasteiger partial charge in [0.2, 0.25) is 10.0 Å². The lowest BCUT2D eigenvalue weighted by Crippen LogP contribution is -2.31. The van der Waals surface area contributed by atoms with E-state index in [1.807, 2.05) is 0 Å². The summed E-state index contributed by atoms with van der Waals surface area (Å²) in [7, 11) is -2.98. The average molecular weight is 196 g/mol. The number of nitrogens with one attached hydrogen (secondary N) is 2. The highest BCUT2D eigenvalue weighted by atomic mass is 32.2. The summed E-state index contributed by atoms with van der Waals surface area (Å²) in [5.74, 6) is 0. The lowest BCUT2D eigenvalue weighted by atomic mass is 10.7. The fraction of sp³-hybridized carbons (Fsp3) is 1.00. The Morgan fingerprint density at radius 3 is 2.45 bits per heavy atom. The second-order valence-electron chi connectivity index (χ2n) is 2.55. The second-order valence-corrected chi connectivity index (χ2v) is 4.91. The Labute approximate surface area is 72.3 Å². The maximum Gasteiger partial charge on any atom is 0.214 e. The smallest absolute Gasteiger partial charge is 0.214 e. The van der Waals surface area contributed by atoms with Crippen LogP contribution in [-0.2, 0) is 10.0 Å². The number of hydrogen-bond acceptors (Lipinski definition) is 4. The first kappa shape index (κ1) is 9.31. The van der Waals surface area contributed by atoms with Crippen molar-refractivity contribution in [3.8, 4) is 0 Å². The quantitative estimate of drug-likeness (QED) is 0.410. The molecule has 66 valence electrons. The third-order valence-corrected chi connectivity index (χ3v) is 3.68. The van der Waals surface area contributed by atoms with Gasteiger partial charge < -0.3 is 0 Å². The molecule has 0 unspecified atom stereocenters. The van der Waals surface area contributed by atoms with Crippen molar-refractivity contribution in [3.63, 3.8) is 0 Å². The van der Waals surface area contributed by atoms with E-state index in [4.69, 9.17) is 0 Å². The molecule has 1 saturated carbocycles. The molecule has 0 radical (unpaired) electrons. The summed E-state index contributed by atoms with van der Waals surface area (Å²) in [6.07, 6.45) is 1.62. The maximum absolute atomic E-state index is 11.1. The molecular formula is C5H12N2O2S2. The summed E-state index contributed by atoms with van der Waals surface area (Å²) in [6.45, 7) is 0.970. The molecule has 0 atom stereocenters. The van der Waals surface area contributed by atoms with E-state index in [2.05, 4.69) is 22.3 Å². The minimum atomic E-state index is -2.98. The van der Waals surface area contributed by atoms with Crippen LogP contribution in [0.3, 0.4) is 0 Å². The third kappa shape index (κ3) is 2.98. The molecule has 0 aromatic carbocycles. The van der Waals surface area contributed by atoms with Gasteiger partial charge in [-0.2, -0.15) is 0 Å². The molecule has 4 nitrogen and oxygen atoms in total. The fourth-order valence-electron chi connectivity index (χ4n) is 0.745. The monoisotopic (exact) mass is 196 g/mol. The van der Waals surface area contributed by atoms with Gasteiger partial charge in [-0.15, -0.1) is 0 Å². The summed E-state index contributed by atoms with van der Waals surface area (Å²) in [6, 6.07) is 0. The first-order chi connectivity index (χ1) is 5.17. The summed E-state index contributed by atoms with van der Waals surface area (Å²) in [5.41, 5.74) is 0. The molecule has 1 aliphatic carbocycles. The number of rotatable bonds is 5. The van der Waals surface area contributed by atoms with Gasteiger partial charge in [-0.05, 0) is 12.8 Å². The molecule has 0 saturated heterocycles. The highest BCUT2D eigenvalue weighted by Crippen LogP contribution is 2.26. The minimum absolute atomic E-state index is 0.123. The van der Waals surface area contributed by atoms with E-state index in [9.17, 15) is 8.42 Å². The Morgan fingerprint density at radius 1 is 1.36 bits per heavy atom. The maximum atomic E-state index is 11.1. The van der Waals surface area contributed by atoms with Crippen LogP contribution in [0.2, 0.25) is 0 Å². The molecule has 1 rings (SSSR count). The van der Waals surface area contributed by atoms with Gasteiger partial charge in [0.25, 0.3) is 0 Å². The Hall–Kier alpha value is 0.220. The Kier molecular flexibility index (Phi) is 3.17. The Bertz CT molecular complexity index is 211. The van der Waals surface area contributed by atoms with Gasteiger partial charge in [0.05, 0.1) is 5.25 Å². The molecule has 0 aromatic heterocycles. The average Bonchev–Trinajstić information content (AvgIpc) is 2.68. The van der Waals surface area contributed by atoms with Gasteiger partial charge in [0.1, 0.15) is 0 Å². The molecule has 0 bridgehead atoms. The molecule has 6 heteroatoms. The summed E-state index contributed by atoms with van der Waals surface area (Å²) >= 11 is 3.73. The summed E-state index contributed by atoms with van der Waals surface area (Å²) < 4.78 is 27.3. The highest BCUT2D eigenvalue weighted by Gasteiger charge is 2.34. The van der Waals surface area contributed by atoms with Crippen molar-refractivity contribution < 1.29 is 8.42 Å². The minimum Gasteiger partial charge on any atom is -0.266 e. The molecule has 0 aromatic rings. The third-order valence-electron chi connectivity index (χ3n) is 1.50. The normalized spacial score (nSPS) is 18.6. The zero-order chi connectivity index (χ0) is 8.32. The van der Waals surface area contributed by atoms with Gasteiger partial charge in [-0.1, -0.05) is 12.8 Å². The first-order valence-electron chi connectivity index (χ1n) is 3.52. The van der Waals surface area contributed by atoms with Gasteiger partial charge in [-0.3, -0.25) is 4.72 Å². The van der Waals surface area contributed by atoms with E-state index in [0.29, 0.717) is 13.1 Å². The first-order valence-corrected chi connectivity index (χ1v) is 5.51. The topological polar surface area (TPSA) is 58.2 Å². The predicted octanol–water partition coefficient (Wildman–Crippen LogP) is -0.497. The molecule has 0 aliphatic heterocycles. The summed E-state index contributed by atoms with van der Waals surface area (Å²) in [4.78, 5) is 0. The van der Waals surface area contributed by atoms with Crippen molar-refractivity contribution in [1.29, 1.82) is 0 Å². The zero-order valence-corrected chi connectivity index (χ0v) is 7.79. The largest absolute Gasteiger partial charge is 0.266 e. The van der Waals surface area contributed by atoms with E-state index < -0.39 is 10.0 Å². The van der Waals surface area contributed by atoms with E-state index >= 15 is 0 Å². The van der Waals surface area contributed by atoms with Crippen molar-refractivity contribution in [2.75, 3.05) is 13.1 Å². The van der Waals surface area contributed by atoms with Crippen LogP contribution in [0.15, 0.2) is 0 Å². The number of sulfonamides is 1. The van der Waals surface area contributed by atoms with Crippen LogP contribution < -0.4 is 9.44 Å². The van der Waals surface area contributed by atoms with Crippen LogP contribution in [-0.4, -0.2) is 26.8 Å². The van der Waals surface area contributed by atoms with Crippen LogP contribution in [0.4, 0.5) is 0 Å². The van der Waals surface area contributed by atoms with Crippen molar-refractivity contribution in [2.24, 2.45) is 0 Å². The molecule has 1 fully saturated rings. The van der Waals surface area contributed by atoms with Crippen molar-refractivity contribution in [3.05, 3.63) is 0 Å². The fourth-order valence-corrected chi connectivity index (χ4v) is 2.24. The Morgan fingerprint density at radius 2 is 2.00 bits per heavy atom. The van der Waals surface area contributed by atoms with Crippen LogP contribution in [0.1, 0.15) is 12.8 Å². The molecule has 0 spiro atoms. The van der Waals surface area contributed by atoms with E-state index in [1.165, 1.54) is 0 Å². The van der Waals surface area contributed by atoms with E-state index in [-0.39, 0.29) is 5.25 Å². The van der Waals surface area contributed by atoms with E-state index in [0.717, 1.165) is 12.8 Å². The molecule has 1 aliphatic rings. The zero-order valence-electron chi connectivity index (χ0n) is 6.08. The van der Waals surface area contributed by atoms with Gasteiger partial charge in [-0.25, -0.2) is 13.1 Å². The number of hydrogen-bond donors (Lipinski definition) is 3. The second kappa shape index (κ2) is 3.75. The lowest BCUT2D eigenvalue weighted by molar-refractivity contribution is 0.580. The Balaban J connectivity index is 2.23. The summed E-state index contributed by atoms with van der Waals surface area (Å²) in [5, 5.41) is -0.123. The number of thiol groups is 1.